The summed E-state index contributed by atoms with van der Waals surface area (Å²) in [7, 11) is 1.61. The van der Waals surface area contributed by atoms with Gasteiger partial charge in [-0.05, 0) is 37.6 Å². The average Bonchev–Trinajstić information content (AvgIpc) is 2.33. The van der Waals surface area contributed by atoms with Crippen LogP contribution in [-0.4, -0.2) is 19.3 Å². The predicted molar refractivity (Wildman–Crippen MR) is 68.5 cm³/mol. The molecule has 0 aromatic heterocycles. The van der Waals surface area contributed by atoms with Crippen LogP contribution >= 0.6 is 0 Å². The zero-order valence-electron chi connectivity index (χ0n) is 11.4. The molecule has 2 unspecified atom stereocenters. The molecule has 1 aromatic carbocycles. The fraction of sp³-hybridized carbons (Fsp3) is 0.571. The third-order valence-electron chi connectivity index (χ3n) is 3.41. The number of hydrogen-bond acceptors (Lipinski definition) is 2. The Morgan fingerprint density at radius 1 is 1.22 bits per heavy atom. The monoisotopic (exact) mass is 257 g/mol. The third-order valence-corrected chi connectivity index (χ3v) is 3.41. The van der Waals surface area contributed by atoms with Gasteiger partial charge in [-0.1, -0.05) is 13.8 Å². The molecule has 0 aliphatic heterocycles. The van der Waals surface area contributed by atoms with Crippen LogP contribution in [0.1, 0.15) is 38.8 Å². The van der Waals surface area contributed by atoms with Crippen molar-refractivity contribution in [1.29, 1.82) is 0 Å². The van der Waals surface area contributed by atoms with E-state index in [4.69, 9.17) is 4.74 Å². The van der Waals surface area contributed by atoms with E-state index in [1.807, 2.05) is 20.8 Å². The molecule has 0 saturated carbocycles. The Hall–Kier alpha value is -1.00. The standard InChI is InChI=1S/C14H21F2NO/c1-5-14(3,18-4)13(17-6-2)10-7-11(15)9-12(16)8-10/h7-9,13,17H,5-6H2,1-4H3. The zero-order valence-corrected chi connectivity index (χ0v) is 11.4. The van der Waals surface area contributed by atoms with Crippen LogP contribution in [0.2, 0.25) is 0 Å². The third kappa shape index (κ3) is 3.27. The molecule has 2 nitrogen and oxygen atoms in total. The van der Waals surface area contributed by atoms with Crippen LogP contribution in [0.4, 0.5) is 8.78 Å². The number of rotatable bonds is 6. The minimum Gasteiger partial charge on any atom is -0.377 e. The van der Waals surface area contributed by atoms with Gasteiger partial charge >= 0.3 is 0 Å². The molecule has 0 fully saturated rings. The number of nitrogens with one attached hydrogen (secondary N) is 1. The molecule has 2 atom stereocenters. The summed E-state index contributed by atoms with van der Waals surface area (Å²) in [6.45, 7) is 6.57. The van der Waals surface area contributed by atoms with Crippen LogP contribution < -0.4 is 5.32 Å². The van der Waals surface area contributed by atoms with Crippen molar-refractivity contribution < 1.29 is 13.5 Å². The van der Waals surface area contributed by atoms with Gasteiger partial charge in [0.1, 0.15) is 11.6 Å². The first-order chi connectivity index (χ1) is 8.46. The van der Waals surface area contributed by atoms with Crippen LogP contribution in [-0.2, 0) is 4.74 Å². The fourth-order valence-electron chi connectivity index (χ4n) is 2.10. The van der Waals surface area contributed by atoms with E-state index in [9.17, 15) is 8.78 Å². The number of methoxy groups -OCH3 is 1. The van der Waals surface area contributed by atoms with Crippen molar-refractivity contribution in [1.82, 2.24) is 5.32 Å². The van der Waals surface area contributed by atoms with Crippen molar-refractivity contribution in [2.75, 3.05) is 13.7 Å². The van der Waals surface area contributed by atoms with Gasteiger partial charge in [-0.25, -0.2) is 8.78 Å². The van der Waals surface area contributed by atoms with E-state index in [1.54, 1.807) is 7.11 Å². The van der Waals surface area contributed by atoms with Gasteiger partial charge < -0.3 is 10.1 Å². The summed E-state index contributed by atoms with van der Waals surface area (Å²) < 4.78 is 32.2. The smallest absolute Gasteiger partial charge is 0.126 e. The van der Waals surface area contributed by atoms with Gasteiger partial charge in [-0.2, -0.15) is 0 Å². The molecule has 0 aliphatic carbocycles. The van der Waals surface area contributed by atoms with Gasteiger partial charge in [0.15, 0.2) is 0 Å². The number of likely N-dealkylation sites (N-methyl/N-ethyl adjacent to an activating group) is 1. The van der Waals surface area contributed by atoms with Gasteiger partial charge in [0.25, 0.3) is 0 Å². The Bertz CT molecular complexity index is 371. The molecule has 102 valence electrons. The number of ether oxygens (including phenoxy) is 1. The Labute approximate surface area is 107 Å². The largest absolute Gasteiger partial charge is 0.377 e. The molecule has 0 saturated heterocycles. The second-order valence-electron chi connectivity index (χ2n) is 4.56. The summed E-state index contributed by atoms with van der Waals surface area (Å²) in [5.41, 5.74) is 0.0662. The lowest BCUT2D eigenvalue weighted by molar-refractivity contribution is -0.0297. The number of hydrogen-bond donors (Lipinski definition) is 1. The molecule has 0 radical (unpaired) electrons. The molecule has 18 heavy (non-hydrogen) atoms. The molecular weight excluding hydrogens is 236 g/mol. The molecule has 0 heterocycles. The highest BCUT2D eigenvalue weighted by atomic mass is 19.1. The van der Waals surface area contributed by atoms with Crippen LogP contribution in [0.3, 0.4) is 0 Å². The molecule has 4 heteroatoms. The maximum Gasteiger partial charge on any atom is 0.126 e. The topological polar surface area (TPSA) is 21.3 Å². The summed E-state index contributed by atoms with van der Waals surface area (Å²) in [4.78, 5) is 0. The van der Waals surface area contributed by atoms with Gasteiger partial charge in [-0.15, -0.1) is 0 Å². The van der Waals surface area contributed by atoms with E-state index >= 15 is 0 Å². The molecule has 0 aliphatic rings. The van der Waals surface area contributed by atoms with Crippen LogP contribution in [0.15, 0.2) is 18.2 Å². The van der Waals surface area contributed by atoms with E-state index in [2.05, 4.69) is 5.32 Å². The maximum atomic E-state index is 13.3. The summed E-state index contributed by atoms with van der Waals surface area (Å²) in [5.74, 6) is -1.13. The molecule has 0 amide bonds. The molecular formula is C14H21F2NO. The normalized spacial score (nSPS) is 16.3. The first-order valence-corrected chi connectivity index (χ1v) is 6.21. The van der Waals surface area contributed by atoms with Gasteiger partial charge in [0.2, 0.25) is 0 Å². The van der Waals surface area contributed by atoms with Crippen LogP contribution in [0, 0.1) is 11.6 Å². The number of benzene rings is 1. The zero-order chi connectivity index (χ0) is 13.8. The summed E-state index contributed by atoms with van der Waals surface area (Å²) in [5, 5.41) is 3.24. The predicted octanol–water partition coefficient (Wildman–Crippen LogP) is 3.43. The van der Waals surface area contributed by atoms with Gasteiger partial charge in [0.05, 0.1) is 11.6 Å². The minimum absolute atomic E-state index is 0.248. The van der Waals surface area contributed by atoms with Gasteiger partial charge in [0, 0.05) is 13.2 Å². The van der Waals surface area contributed by atoms with Crippen molar-refractivity contribution in [3.8, 4) is 0 Å². The lowest BCUT2D eigenvalue weighted by atomic mass is 9.87. The van der Waals surface area contributed by atoms with Crippen molar-refractivity contribution in [2.45, 2.75) is 38.8 Å². The van der Waals surface area contributed by atoms with E-state index in [1.165, 1.54) is 12.1 Å². The lowest BCUT2D eigenvalue weighted by Crippen LogP contribution is -2.42. The molecule has 1 aromatic rings. The van der Waals surface area contributed by atoms with Crippen LogP contribution in [0.5, 0.6) is 0 Å². The molecule has 1 N–H and O–H groups in total. The molecule has 1 rings (SSSR count). The lowest BCUT2D eigenvalue weighted by Gasteiger charge is -2.36. The van der Waals surface area contributed by atoms with Crippen molar-refractivity contribution in [3.63, 3.8) is 0 Å². The van der Waals surface area contributed by atoms with Crippen molar-refractivity contribution >= 4 is 0 Å². The molecule has 0 bridgehead atoms. The molecule has 0 spiro atoms. The fourth-order valence-corrected chi connectivity index (χ4v) is 2.10. The Kier molecular flexibility index (Phi) is 5.23. The van der Waals surface area contributed by atoms with Crippen molar-refractivity contribution in [2.24, 2.45) is 0 Å². The Morgan fingerprint density at radius 2 is 1.78 bits per heavy atom. The highest BCUT2D eigenvalue weighted by molar-refractivity contribution is 5.24. The van der Waals surface area contributed by atoms with E-state index < -0.39 is 17.2 Å². The first kappa shape index (κ1) is 15.1. The van der Waals surface area contributed by atoms with E-state index in [0.29, 0.717) is 12.1 Å². The van der Waals surface area contributed by atoms with Crippen LogP contribution in [0.25, 0.3) is 0 Å². The maximum absolute atomic E-state index is 13.3. The van der Waals surface area contributed by atoms with E-state index in [-0.39, 0.29) is 6.04 Å². The van der Waals surface area contributed by atoms with Gasteiger partial charge in [-0.3, -0.25) is 0 Å². The first-order valence-electron chi connectivity index (χ1n) is 6.21. The highest BCUT2D eigenvalue weighted by Crippen LogP contribution is 2.32. The summed E-state index contributed by atoms with van der Waals surface area (Å²) in [6, 6.07) is 3.33. The highest BCUT2D eigenvalue weighted by Gasteiger charge is 2.33. The number of halogens is 2. The summed E-state index contributed by atoms with van der Waals surface area (Å²) >= 11 is 0. The average molecular weight is 257 g/mol. The van der Waals surface area contributed by atoms with E-state index in [0.717, 1.165) is 12.5 Å². The quantitative estimate of drug-likeness (QED) is 0.843. The Balaban J connectivity index is 3.18. The second kappa shape index (κ2) is 6.25. The summed E-state index contributed by atoms with van der Waals surface area (Å²) in [6.07, 6.45) is 0.735. The Morgan fingerprint density at radius 3 is 2.17 bits per heavy atom. The van der Waals surface area contributed by atoms with Crippen molar-refractivity contribution in [3.05, 3.63) is 35.4 Å². The minimum atomic E-state index is -0.567. The SMILES string of the molecule is CCNC(c1cc(F)cc(F)c1)C(C)(CC)OC. The second-order valence-corrected chi connectivity index (χ2v) is 4.56.